The monoisotopic (exact) mass is 543 g/mol. The number of carbonyl (C=O) groups is 1. The SMILES string of the molecule is CC(C)(C)c1ccc(CN2CCc3cc(OC(=O)c4ccccc4-c4ccc(C(F)(F)F)cc4)ccc3C2)cc1. The van der Waals surface area contributed by atoms with E-state index in [1.54, 1.807) is 30.3 Å². The summed E-state index contributed by atoms with van der Waals surface area (Å²) in [7, 11) is 0. The number of nitrogens with zero attached hydrogens (tertiary/aromatic N) is 1. The van der Waals surface area contributed by atoms with Crippen LogP contribution in [-0.2, 0) is 31.1 Å². The molecule has 0 amide bonds. The molecule has 0 spiro atoms. The Labute approximate surface area is 233 Å². The van der Waals surface area contributed by atoms with Gasteiger partial charge in [-0.05, 0) is 75.5 Å². The number of esters is 1. The van der Waals surface area contributed by atoms with E-state index >= 15 is 0 Å². The van der Waals surface area contributed by atoms with Gasteiger partial charge in [-0.15, -0.1) is 0 Å². The molecule has 0 radical (unpaired) electrons. The van der Waals surface area contributed by atoms with E-state index in [1.807, 2.05) is 12.1 Å². The molecular formula is C34H32F3NO2. The normalized spacial score (nSPS) is 14.1. The van der Waals surface area contributed by atoms with E-state index in [4.69, 9.17) is 4.74 Å². The molecule has 0 saturated carbocycles. The minimum atomic E-state index is -4.42. The molecule has 0 N–H and O–H groups in total. The fourth-order valence-electron chi connectivity index (χ4n) is 5.07. The van der Waals surface area contributed by atoms with Crippen molar-refractivity contribution >= 4 is 5.97 Å². The Balaban J connectivity index is 1.26. The largest absolute Gasteiger partial charge is 0.423 e. The van der Waals surface area contributed by atoms with Crippen LogP contribution in [0.5, 0.6) is 5.75 Å². The molecule has 0 unspecified atom stereocenters. The number of rotatable bonds is 5. The Bertz CT molecular complexity index is 1500. The lowest BCUT2D eigenvalue weighted by molar-refractivity contribution is -0.137. The Morgan fingerprint density at radius 3 is 2.17 bits per heavy atom. The third-order valence-corrected chi connectivity index (χ3v) is 7.38. The van der Waals surface area contributed by atoms with Crippen LogP contribution in [0.1, 0.15) is 58.9 Å². The van der Waals surface area contributed by atoms with E-state index in [9.17, 15) is 18.0 Å². The maximum Gasteiger partial charge on any atom is 0.416 e. The van der Waals surface area contributed by atoms with Gasteiger partial charge in [0.25, 0.3) is 0 Å². The van der Waals surface area contributed by atoms with Gasteiger partial charge in [-0.25, -0.2) is 4.79 Å². The first-order valence-electron chi connectivity index (χ1n) is 13.4. The molecule has 6 heteroatoms. The third kappa shape index (κ3) is 6.28. The Hall–Kier alpha value is -3.90. The van der Waals surface area contributed by atoms with Crippen LogP contribution in [0.2, 0.25) is 0 Å². The second kappa shape index (κ2) is 10.9. The van der Waals surface area contributed by atoms with Crippen molar-refractivity contribution in [3.63, 3.8) is 0 Å². The zero-order chi connectivity index (χ0) is 28.5. The summed E-state index contributed by atoms with van der Waals surface area (Å²) in [6.45, 7) is 9.25. The number of benzene rings is 4. The van der Waals surface area contributed by atoms with Crippen LogP contribution in [0.3, 0.4) is 0 Å². The fraction of sp³-hybridized carbons (Fsp3) is 0.265. The quantitative estimate of drug-likeness (QED) is 0.187. The zero-order valence-electron chi connectivity index (χ0n) is 22.9. The van der Waals surface area contributed by atoms with Crippen LogP contribution in [0.25, 0.3) is 11.1 Å². The summed E-state index contributed by atoms with van der Waals surface area (Å²) in [5.74, 6) is -0.0937. The Morgan fingerprint density at radius 1 is 0.825 bits per heavy atom. The minimum Gasteiger partial charge on any atom is -0.423 e. The molecule has 0 bridgehead atoms. The molecule has 40 heavy (non-hydrogen) atoms. The van der Waals surface area contributed by atoms with Gasteiger partial charge in [0.2, 0.25) is 0 Å². The Morgan fingerprint density at radius 2 is 1.50 bits per heavy atom. The first kappa shape index (κ1) is 27.7. The van der Waals surface area contributed by atoms with Crippen molar-refractivity contribution in [1.29, 1.82) is 0 Å². The van der Waals surface area contributed by atoms with Gasteiger partial charge in [-0.1, -0.05) is 81.4 Å². The van der Waals surface area contributed by atoms with E-state index in [2.05, 4.69) is 49.9 Å². The predicted octanol–water partition coefficient (Wildman–Crippen LogP) is 8.45. The lowest BCUT2D eigenvalue weighted by Gasteiger charge is -2.29. The van der Waals surface area contributed by atoms with Gasteiger partial charge in [0, 0.05) is 19.6 Å². The smallest absolute Gasteiger partial charge is 0.416 e. The molecule has 0 atom stereocenters. The molecule has 1 heterocycles. The summed E-state index contributed by atoms with van der Waals surface area (Å²) in [5.41, 5.74) is 5.70. The van der Waals surface area contributed by atoms with Crippen molar-refractivity contribution in [1.82, 2.24) is 4.90 Å². The van der Waals surface area contributed by atoms with Gasteiger partial charge in [0.15, 0.2) is 0 Å². The lowest BCUT2D eigenvalue weighted by atomic mass is 9.86. The number of ether oxygens (including phenoxy) is 1. The average Bonchev–Trinajstić information content (AvgIpc) is 2.92. The molecule has 1 aliphatic heterocycles. The molecule has 206 valence electrons. The number of hydrogen-bond donors (Lipinski definition) is 0. The summed E-state index contributed by atoms with van der Waals surface area (Å²) in [4.78, 5) is 15.6. The van der Waals surface area contributed by atoms with Gasteiger partial charge < -0.3 is 4.74 Å². The topological polar surface area (TPSA) is 29.5 Å². The molecule has 3 nitrogen and oxygen atoms in total. The van der Waals surface area contributed by atoms with Crippen molar-refractivity contribution in [2.45, 2.75) is 51.9 Å². The average molecular weight is 544 g/mol. The maximum absolute atomic E-state index is 13.1. The highest BCUT2D eigenvalue weighted by molar-refractivity contribution is 5.98. The van der Waals surface area contributed by atoms with Crippen LogP contribution >= 0.6 is 0 Å². The number of carbonyl (C=O) groups excluding carboxylic acids is 1. The molecule has 5 rings (SSSR count). The second-order valence-electron chi connectivity index (χ2n) is 11.3. The summed E-state index contributed by atoms with van der Waals surface area (Å²) >= 11 is 0. The molecular weight excluding hydrogens is 511 g/mol. The van der Waals surface area contributed by atoms with E-state index in [0.717, 1.165) is 43.8 Å². The van der Waals surface area contributed by atoms with E-state index in [1.165, 1.54) is 28.8 Å². The first-order valence-corrected chi connectivity index (χ1v) is 13.4. The van der Waals surface area contributed by atoms with E-state index in [-0.39, 0.29) is 5.41 Å². The molecule has 4 aromatic carbocycles. The van der Waals surface area contributed by atoms with E-state index < -0.39 is 17.7 Å². The van der Waals surface area contributed by atoms with Crippen molar-refractivity contribution < 1.29 is 22.7 Å². The van der Waals surface area contributed by atoms with Crippen molar-refractivity contribution in [2.75, 3.05) is 6.54 Å². The van der Waals surface area contributed by atoms with Crippen LogP contribution in [0.4, 0.5) is 13.2 Å². The number of halogens is 3. The molecule has 0 fully saturated rings. The maximum atomic E-state index is 13.1. The van der Waals surface area contributed by atoms with Gasteiger partial charge in [-0.3, -0.25) is 4.90 Å². The van der Waals surface area contributed by atoms with Crippen LogP contribution in [0, 0.1) is 0 Å². The number of hydrogen-bond acceptors (Lipinski definition) is 3. The van der Waals surface area contributed by atoms with Crippen molar-refractivity contribution in [3.05, 3.63) is 124 Å². The molecule has 4 aromatic rings. The van der Waals surface area contributed by atoms with Gasteiger partial charge in [-0.2, -0.15) is 13.2 Å². The van der Waals surface area contributed by atoms with Crippen molar-refractivity contribution in [3.8, 4) is 16.9 Å². The van der Waals surface area contributed by atoms with Gasteiger partial charge in [0.1, 0.15) is 5.75 Å². The third-order valence-electron chi connectivity index (χ3n) is 7.38. The number of fused-ring (bicyclic) bond motifs is 1. The van der Waals surface area contributed by atoms with Crippen LogP contribution in [0.15, 0.2) is 91.0 Å². The summed E-state index contributed by atoms with van der Waals surface area (Å²) in [5, 5.41) is 0. The number of alkyl halides is 3. The van der Waals surface area contributed by atoms with Crippen LogP contribution in [-0.4, -0.2) is 17.4 Å². The summed E-state index contributed by atoms with van der Waals surface area (Å²) in [6.07, 6.45) is -3.57. The second-order valence-corrected chi connectivity index (χ2v) is 11.3. The fourth-order valence-corrected chi connectivity index (χ4v) is 5.07. The van der Waals surface area contributed by atoms with Gasteiger partial charge in [0.05, 0.1) is 11.1 Å². The summed E-state index contributed by atoms with van der Waals surface area (Å²) < 4.78 is 44.7. The standard InChI is InChI=1S/C34H32F3NO2/c1-33(2,3)27-13-8-23(9-14-27)21-38-19-18-25-20-29(17-12-26(25)22-38)40-32(39)31-7-5-4-6-30(31)24-10-15-28(16-11-24)34(35,36)37/h4-17,20H,18-19,21-22H2,1-3H3. The van der Waals surface area contributed by atoms with Gasteiger partial charge >= 0.3 is 12.1 Å². The highest BCUT2D eigenvalue weighted by Gasteiger charge is 2.30. The minimum absolute atomic E-state index is 0.133. The molecule has 0 aliphatic carbocycles. The highest BCUT2D eigenvalue weighted by atomic mass is 19.4. The molecule has 0 aromatic heterocycles. The van der Waals surface area contributed by atoms with Crippen molar-refractivity contribution in [2.24, 2.45) is 0 Å². The summed E-state index contributed by atoms with van der Waals surface area (Å²) in [6, 6.07) is 26.1. The zero-order valence-corrected chi connectivity index (χ0v) is 22.9. The van der Waals surface area contributed by atoms with Crippen LogP contribution < -0.4 is 4.74 Å². The molecule has 0 saturated heterocycles. The van der Waals surface area contributed by atoms with E-state index in [0.29, 0.717) is 22.4 Å². The first-order chi connectivity index (χ1) is 19.0. The molecule has 1 aliphatic rings. The highest BCUT2D eigenvalue weighted by Crippen LogP contribution is 2.33. The lowest BCUT2D eigenvalue weighted by Crippen LogP contribution is -2.30. The predicted molar refractivity (Wildman–Crippen MR) is 151 cm³/mol. The Kier molecular flexibility index (Phi) is 7.56.